The van der Waals surface area contributed by atoms with Crippen LogP contribution in [0.3, 0.4) is 0 Å². The summed E-state index contributed by atoms with van der Waals surface area (Å²) in [7, 11) is -4.10. The minimum Gasteiger partial charge on any atom is -0.475 e. The molecule has 1 aliphatic carbocycles. The van der Waals surface area contributed by atoms with Gasteiger partial charge in [-0.25, -0.2) is 18.1 Å². The van der Waals surface area contributed by atoms with Crippen LogP contribution >= 0.6 is 0 Å². The van der Waals surface area contributed by atoms with E-state index < -0.39 is 21.3 Å². The molecule has 4 rings (SSSR count). The zero-order valence-corrected chi connectivity index (χ0v) is 18.8. The number of hydrogen-bond acceptors (Lipinski definition) is 6. The molecular formula is C23H25N3O4S. The van der Waals surface area contributed by atoms with Gasteiger partial charge >= 0.3 is 0 Å². The van der Waals surface area contributed by atoms with Crippen LogP contribution in [0.25, 0.3) is 10.9 Å². The summed E-state index contributed by atoms with van der Waals surface area (Å²) in [6.45, 7) is 7.48. The first-order valence-electron chi connectivity index (χ1n) is 10.2. The van der Waals surface area contributed by atoms with Crippen LogP contribution in [-0.4, -0.2) is 30.4 Å². The van der Waals surface area contributed by atoms with Crippen molar-refractivity contribution in [2.45, 2.75) is 57.0 Å². The molecule has 1 amide bonds. The van der Waals surface area contributed by atoms with E-state index >= 15 is 0 Å². The summed E-state index contributed by atoms with van der Waals surface area (Å²) in [6, 6.07) is 10.2. The number of sulfonamides is 1. The number of aromatic nitrogens is 2. The van der Waals surface area contributed by atoms with Crippen LogP contribution in [0.4, 0.5) is 0 Å². The van der Waals surface area contributed by atoms with E-state index in [9.17, 15) is 13.2 Å². The molecular weight excluding hydrogens is 414 g/mol. The van der Waals surface area contributed by atoms with Gasteiger partial charge in [-0.05, 0) is 76.4 Å². The van der Waals surface area contributed by atoms with Crippen LogP contribution in [0.2, 0.25) is 0 Å². The molecule has 1 aliphatic rings. The zero-order chi connectivity index (χ0) is 22.4. The molecule has 2 aromatic heterocycles. The number of pyridine rings is 2. The Morgan fingerprint density at radius 2 is 1.90 bits per heavy atom. The predicted molar refractivity (Wildman–Crippen MR) is 117 cm³/mol. The minimum atomic E-state index is -4.10. The number of nitrogens with zero attached hydrogens (tertiary/aromatic N) is 2. The number of ether oxygens (including phenoxy) is 1. The second-order valence-corrected chi connectivity index (χ2v) is 9.98. The molecule has 1 aromatic carbocycles. The van der Waals surface area contributed by atoms with E-state index in [-0.39, 0.29) is 11.0 Å². The lowest BCUT2D eigenvalue weighted by Crippen LogP contribution is -2.39. The molecule has 0 saturated heterocycles. The van der Waals surface area contributed by atoms with Gasteiger partial charge < -0.3 is 4.74 Å². The van der Waals surface area contributed by atoms with Gasteiger partial charge in [0.1, 0.15) is 0 Å². The first-order chi connectivity index (χ1) is 14.6. The number of amides is 1. The third-order valence-electron chi connectivity index (χ3n) is 5.38. The Morgan fingerprint density at radius 3 is 2.58 bits per heavy atom. The van der Waals surface area contributed by atoms with Crippen LogP contribution in [-0.2, 0) is 20.2 Å². The second-order valence-electron chi connectivity index (χ2n) is 8.32. The number of fused-ring (bicyclic) bond motifs is 1. The van der Waals surface area contributed by atoms with Crippen molar-refractivity contribution in [3.8, 4) is 5.88 Å². The molecule has 3 aromatic rings. The van der Waals surface area contributed by atoms with Gasteiger partial charge in [0.15, 0.2) is 0 Å². The van der Waals surface area contributed by atoms with Crippen LogP contribution in [0, 0.1) is 13.8 Å². The highest BCUT2D eigenvalue weighted by atomic mass is 32.2. The molecule has 2 heterocycles. The van der Waals surface area contributed by atoms with Gasteiger partial charge in [0.25, 0.3) is 10.0 Å². The van der Waals surface area contributed by atoms with E-state index in [4.69, 9.17) is 4.74 Å². The Hall–Kier alpha value is -3.00. The number of aryl methyl sites for hydroxylation is 2. The molecule has 1 fully saturated rings. The maximum absolute atomic E-state index is 13.3. The lowest BCUT2D eigenvalue weighted by Gasteiger charge is -2.20. The van der Waals surface area contributed by atoms with Crippen molar-refractivity contribution in [1.29, 1.82) is 0 Å². The fourth-order valence-corrected chi connectivity index (χ4v) is 4.97. The summed E-state index contributed by atoms with van der Waals surface area (Å²) in [5.74, 6) is -0.193. The highest BCUT2D eigenvalue weighted by Gasteiger charge is 2.54. The van der Waals surface area contributed by atoms with Gasteiger partial charge in [-0.15, -0.1) is 0 Å². The first-order valence-corrected chi connectivity index (χ1v) is 11.7. The molecule has 0 bridgehead atoms. The molecule has 0 atom stereocenters. The number of nitrogens with one attached hydrogen (secondary N) is 1. The fraction of sp³-hybridized carbons (Fsp3) is 0.348. The molecule has 1 saturated carbocycles. The smallest absolute Gasteiger partial charge is 0.264 e. The lowest BCUT2D eigenvalue weighted by molar-refractivity contribution is -0.121. The van der Waals surface area contributed by atoms with E-state index in [1.54, 1.807) is 30.5 Å². The Morgan fingerprint density at radius 1 is 1.16 bits per heavy atom. The maximum atomic E-state index is 13.3. The SMILES string of the molecule is Cc1cnc(OC(C)C)c(C2(C(=O)NS(=O)(=O)c3cccc4nc(C)ccc34)CC2)c1. The van der Waals surface area contributed by atoms with E-state index in [0.717, 1.165) is 11.3 Å². The minimum absolute atomic E-state index is 0.0303. The summed E-state index contributed by atoms with van der Waals surface area (Å²) in [6.07, 6.45) is 2.62. The molecule has 0 aliphatic heterocycles. The molecule has 0 unspecified atom stereocenters. The number of hydrogen-bond donors (Lipinski definition) is 1. The maximum Gasteiger partial charge on any atom is 0.264 e. The normalized spacial score (nSPS) is 15.1. The molecule has 8 heteroatoms. The van der Waals surface area contributed by atoms with Gasteiger partial charge in [-0.3, -0.25) is 9.78 Å². The molecule has 0 radical (unpaired) electrons. The Balaban J connectivity index is 1.70. The molecule has 7 nitrogen and oxygen atoms in total. The Bertz CT molecular complexity index is 1280. The van der Waals surface area contributed by atoms with E-state index in [2.05, 4.69) is 14.7 Å². The summed E-state index contributed by atoms with van der Waals surface area (Å²) in [5, 5.41) is 0.472. The van der Waals surface area contributed by atoms with Crippen molar-refractivity contribution in [1.82, 2.24) is 14.7 Å². The summed E-state index contributed by atoms with van der Waals surface area (Å²) < 4.78 is 34.5. The van der Waals surface area contributed by atoms with Gasteiger partial charge in [0.2, 0.25) is 11.8 Å². The van der Waals surface area contributed by atoms with Crippen molar-refractivity contribution in [3.63, 3.8) is 0 Å². The quantitative estimate of drug-likeness (QED) is 0.630. The number of benzene rings is 1. The van der Waals surface area contributed by atoms with Crippen molar-refractivity contribution in [3.05, 3.63) is 59.4 Å². The third kappa shape index (κ3) is 3.99. The van der Waals surface area contributed by atoms with Crippen molar-refractivity contribution in [2.75, 3.05) is 0 Å². The number of carbonyl (C=O) groups is 1. The summed E-state index contributed by atoms with van der Waals surface area (Å²) >= 11 is 0. The topological polar surface area (TPSA) is 98.2 Å². The number of rotatable bonds is 6. The highest BCUT2D eigenvalue weighted by Crippen LogP contribution is 2.51. The summed E-state index contributed by atoms with van der Waals surface area (Å²) in [4.78, 5) is 22.0. The Kier molecular flexibility index (Phi) is 5.21. The predicted octanol–water partition coefficient (Wildman–Crippen LogP) is 3.57. The first kappa shape index (κ1) is 21.2. The molecule has 1 N–H and O–H groups in total. The standard InChI is InChI=1S/C23H25N3O4S/c1-14(2)30-21-18(12-15(3)13-24-21)23(10-11-23)22(27)26-31(28,29)20-7-5-6-19-17(20)9-8-16(4)25-19/h5-9,12-14H,10-11H2,1-4H3,(H,26,27). The van der Waals surface area contributed by atoms with E-state index in [1.165, 1.54) is 6.07 Å². The molecule has 0 spiro atoms. The van der Waals surface area contributed by atoms with Crippen molar-refractivity contribution < 1.29 is 17.9 Å². The second kappa shape index (κ2) is 7.60. The Labute approximate surface area is 181 Å². The monoisotopic (exact) mass is 439 g/mol. The fourth-order valence-electron chi connectivity index (χ4n) is 3.70. The van der Waals surface area contributed by atoms with Crippen LogP contribution in [0.5, 0.6) is 5.88 Å². The average Bonchev–Trinajstić information content (AvgIpc) is 3.50. The van der Waals surface area contributed by atoms with E-state index in [1.807, 2.05) is 33.8 Å². The van der Waals surface area contributed by atoms with Gasteiger partial charge in [-0.1, -0.05) is 6.07 Å². The van der Waals surface area contributed by atoms with Gasteiger partial charge in [0.05, 0.1) is 21.9 Å². The average molecular weight is 440 g/mol. The van der Waals surface area contributed by atoms with Crippen LogP contribution in [0.15, 0.2) is 47.5 Å². The largest absolute Gasteiger partial charge is 0.475 e. The lowest BCUT2D eigenvalue weighted by atomic mass is 9.95. The number of carbonyl (C=O) groups excluding carboxylic acids is 1. The zero-order valence-electron chi connectivity index (χ0n) is 18.0. The third-order valence-corrected chi connectivity index (χ3v) is 6.77. The van der Waals surface area contributed by atoms with Crippen molar-refractivity contribution in [2.24, 2.45) is 0 Å². The summed E-state index contributed by atoms with van der Waals surface area (Å²) in [5.41, 5.74) is 1.89. The molecule has 162 valence electrons. The van der Waals surface area contributed by atoms with Crippen LogP contribution < -0.4 is 9.46 Å². The van der Waals surface area contributed by atoms with Gasteiger partial charge in [-0.2, -0.15) is 0 Å². The van der Waals surface area contributed by atoms with Crippen LogP contribution in [0.1, 0.15) is 43.5 Å². The molecule has 31 heavy (non-hydrogen) atoms. The van der Waals surface area contributed by atoms with Crippen molar-refractivity contribution >= 4 is 26.8 Å². The highest BCUT2D eigenvalue weighted by molar-refractivity contribution is 7.90. The van der Waals surface area contributed by atoms with Gasteiger partial charge in [0, 0.05) is 22.8 Å². The van der Waals surface area contributed by atoms with E-state index in [0.29, 0.717) is 35.2 Å².